The van der Waals surface area contributed by atoms with Gasteiger partial charge in [0.05, 0.1) is 12.4 Å². The van der Waals surface area contributed by atoms with E-state index in [-0.39, 0.29) is 5.92 Å². The van der Waals surface area contributed by atoms with Crippen molar-refractivity contribution < 1.29 is 21.8 Å². The molecule has 1 saturated heterocycles. The van der Waals surface area contributed by atoms with Crippen LogP contribution in [0.4, 0.5) is 4.39 Å². The molecule has 5 nitrogen and oxygen atoms in total. The SMILES string of the molecule is CS(=O)(=O)OC(CF)[C@H]1CCN(BC=O)C1. The van der Waals surface area contributed by atoms with Gasteiger partial charge in [0.15, 0.2) is 0 Å². The lowest BCUT2D eigenvalue weighted by atomic mass is 9.95. The number of rotatable bonds is 6. The Balaban J connectivity index is 2.52. The first-order chi connectivity index (χ1) is 7.46. The molecule has 0 aromatic rings. The monoisotopic (exact) mass is 251 g/mol. The Morgan fingerprint density at radius 2 is 2.38 bits per heavy atom. The minimum atomic E-state index is -3.63. The fourth-order valence-electron chi connectivity index (χ4n) is 1.89. The average molecular weight is 251 g/mol. The van der Waals surface area contributed by atoms with Gasteiger partial charge in [-0.15, -0.1) is 0 Å². The summed E-state index contributed by atoms with van der Waals surface area (Å²) in [5, 5.41) is 0. The molecule has 0 bridgehead atoms. The Labute approximate surface area is 95.3 Å². The van der Waals surface area contributed by atoms with Crippen molar-refractivity contribution in [3.63, 3.8) is 0 Å². The molecule has 1 aliphatic heterocycles. The zero-order valence-electron chi connectivity index (χ0n) is 9.13. The summed E-state index contributed by atoms with van der Waals surface area (Å²) < 4.78 is 39.2. The summed E-state index contributed by atoms with van der Waals surface area (Å²) >= 11 is 0. The second-order valence-electron chi connectivity index (χ2n) is 3.97. The molecule has 1 rings (SSSR count). The van der Waals surface area contributed by atoms with Crippen LogP contribution in [0.25, 0.3) is 0 Å². The molecule has 0 aliphatic carbocycles. The van der Waals surface area contributed by atoms with Gasteiger partial charge in [0.1, 0.15) is 12.8 Å². The van der Waals surface area contributed by atoms with Crippen LogP contribution < -0.4 is 0 Å². The van der Waals surface area contributed by atoms with Gasteiger partial charge in [0.25, 0.3) is 17.5 Å². The number of hydrogen-bond acceptors (Lipinski definition) is 5. The van der Waals surface area contributed by atoms with Gasteiger partial charge in [0, 0.05) is 5.92 Å². The van der Waals surface area contributed by atoms with Crippen LogP contribution in [0.15, 0.2) is 0 Å². The standard InChI is InChI=1S/C8H15BFNO4S/c1-16(13,14)15-8(4-10)7-2-3-11(5-7)9-6-12/h6-9H,2-5H2,1H3/t7-,8?/m0/s1. The average Bonchev–Trinajstić information content (AvgIpc) is 2.62. The molecule has 0 spiro atoms. The molecular formula is C8H15BFNO4S. The van der Waals surface area contributed by atoms with Gasteiger partial charge in [-0.05, 0) is 19.5 Å². The summed E-state index contributed by atoms with van der Waals surface area (Å²) in [6.07, 6.45) is 1.42. The fraction of sp³-hybridized carbons (Fsp3) is 0.875. The van der Waals surface area contributed by atoms with Gasteiger partial charge in [-0.1, -0.05) is 0 Å². The van der Waals surface area contributed by atoms with E-state index in [1.54, 1.807) is 0 Å². The maximum Gasteiger partial charge on any atom is 0.281 e. The second-order valence-corrected chi connectivity index (χ2v) is 5.57. The maximum atomic E-state index is 12.7. The van der Waals surface area contributed by atoms with E-state index >= 15 is 0 Å². The van der Waals surface area contributed by atoms with E-state index < -0.39 is 22.9 Å². The first-order valence-corrected chi connectivity index (χ1v) is 6.88. The molecule has 16 heavy (non-hydrogen) atoms. The molecule has 8 heteroatoms. The highest BCUT2D eigenvalue weighted by atomic mass is 32.2. The molecule has 0 aromatic heterocycles. The summed E-state index contributed by atoms with van der Waals surface area (Å²) in [4.78, 5) is 12.1. The Morgan fingerprint density at radius 3 is 2.88 bits per heavy atom. The molecule has 0 radical (unpaired) electrons. The molecule has 0 saturated carbocycles. The molecule has 1 unspecified atom stereocenters. The quantitative estimate of drug-likeness (QED) is 0.350. The molecule has 0 amide bonds. The zero-order valence-corrected chi connectivity index (χ0v) is 9.95. The van der Waals surface area contributed by atoms with E-state index in [9.17, 15) is 17.6 Å². The number of nitrogens with zero attached hydrogens (tertiary/aromatic N) is 1. The van der Waals surface area contributed by atoms with E-state index in [1.165, 1.54) is 0 Å². The summed E-state index contributed by atoms with van der Waals surface area (Å²) in [5.41, 5.74) is 0. The molecule has 1 fully saturated rings. The summed E-state index contributed by atoms with van der Waals surface area (Å²) in [5.74, 6) is -0.167. The van der Waals surface area contributed by atoms with Crippen molar-refractivity contribution in [1.82, 2.24) is 4.81 Å². The van der Waals surface area contributed by atoms with Crippen LogP contribution >= 0.6 is 0 Å². The van der Waals surface area contributed by atoms with E-state index in [0.29, 0.717) is 26.9 Å². The van der Waals surface area contributed by atoms with Crippen molar-refractivity contribution in [3.8, 4) is 0 Å². The van der Waals surface area contributed by atoms with Crippen LogP contribution in [0.1, 0.15) is 6.42 Å². The largest absolute Gasteiger partial charge is 0.338 e. The number of carbonyl (C=O) groups is 1. The summed E-state index contributed by atoms with van der Waals surface area (Å²) in [6.45, 7) is 0.350. The van der Waals surface area contributed by atoms with Crippen molar-refractivity contribution in [1.29, 1.82) is 0 Å². The van der Waals surface area contributed by atoms with Crippen LogP contribution in [-0.4, -0.2) is 59.0 Å². The first-order valence-electron chi connectivity index (χ1n) is 5.06. The highest BCUT2D eigenvalue weighted by molar-refractivity contribution is 7.86. The van der Waals surface area contributed by atoms with Crippen LogP contribution in [0.5, 0.6) is 0 Å². The normalized spacial score (nSPS) is 24.2. The minimum Gasteiger partial charge on any atom is -0.338 e. The summed E-state index contributed by atoms with van der Waals surface area (Å²) in [6, 6.07) is 0. The van der Waals surface area contributed by atoms with Crippen LogP contribution in [0.3, 0.4) is 0 Å². The Morgan fingerprint density at radius 1 is 1.69 bits per heavy atom. The minimum absolute atomic E-state index is 0.167. The van der Waals surface area contributed by atoms with Crippen LogP contribution in [0.2, 0.25) is 0 Å². The lowest BCUT2D eigenvalue weighted by Crippen LogP contribution is -2.32. The molecule has 1 aliphatic rings. The summed E-state index contributed by atoms with van der Waals surface area (Å²) in [7, 11) is -3.33. The third-order valence-corrected chi connectivity index (χ3v) is 3.21. The third-order valence-electron chi connectivity index (χ3n) is 2.62. The second kappa shape index (κ2) is 5.74. The Hall–Kier alpha value is -0.465. The topological polar surface area (TPSA) is 63.7 Å². The van der Waals surface area contributed by atoms with E-state index in [4.69, 9.17) is 0 Å². The van der Waals surface area contributed by atoms with Gasteiger partial charge in [-0.25, -0.2) is 4.39 Å². The van der Waals surface area contributed by atoms with Crippen molar-refractivity contribution in [2.75, 3.05) is 26.0 Å². The lowest BCUT2D eigenvalue weighted by Gasteiger charge is -2.19. The Kier molecular flexibility index (Phi) is 4.88. The number of hydrogen-bond donors (Lipinski definition) is 0. The van der Waals surface area contributed by atoms with Crippen molar-refractivity contribution in [3.05, 3.63) is 0 Å². The smallest absolute Gasteiger partial charge is 0.281 e. The molecule has 0 aromatic carbocycles. The maximum absolute atomic E-state index is 12.7. The highest BCUT2D eigenvalue weighted by Gasteiger charge is 2.32. The predicted molar refractivity (Wildman–Crippen MR) is 59.3 cm³/mol. The van der Waals surface area contributed by atoms with Crippen molar-refractivity contribution in [2.24, 2.45) is 5.92 Å². The van der Waals surface area contributed by atoms with E-state index in [1.807, 2.05) is 4.81 Å². The van der Waals surface area contributed by atoms with Gasteiger partial charge < -0.3 is 9.61 Å². The van der Waals surface area contributed by atoms with Gasteiger partial charge in [0.2, 0.25) is 0 Å². The van der Waals surface area contributed by atoms with Crippen LogP contribution in [-0.2, 0) is 19.1 Å². The molecule has 2 atom stereocenters. The Bertz CT molecular complexity index is 337. The predicted octanol–water partition coefficient (Wildman–Crippen LogP) is -0.836. The fourth-order valence-corrected chi connectivity index (χ4v) is 2.55. The molecule has 1 heterocycles. The third kappa shape index (κ3) is 4.19. The lowest BCUT2D eigenvalue weighted by molar-refractivity contribution is 0.118. The van der Waals surface area contributed by atoms with Gasteiger partial charge in [-0.2, -0.15) is 8.42 Å². The molecule has 92 valence electrons. The molecule has 0 N–H and O–H groups in total. The highest BCUT2D eigenvalue weighted by Crippen LogP contribution is 2.22. The van der Waals surface area contributed by atoms with Crippen molar-refractivity contribution in [2.45, 2.75) is 12.5 Å². The number of alkyl halides is 1. The number of carbonyl (C=O) groups excluding carboxylic acids is 1. The van der Waals surface area contributed by atoms with Crippen LogP contribution in [0, 0.1) is 5.92 Å². The van der Waals surface area contributed by atoms with E-state index in [2.05, 4.69) is 4.18 Å². The first kappa shape index (κ1) is 13.6. The van der Waals surface area contributed by atoms with E-state index in [0.717, 1.165) is 12.4 Å². The van der Waals surface area contributed by atoms with Gasteiger partial charge >= 0.3 is 0 Å². The number of halogens is 1. The molecular weight excluding hydrogens is 236 g/mol. The van der Waals surface area contributed by atoms with Crippen molar-refractivity contribution >= 4 is 23.7 Å². The zero-order chi connectivity index (χ0) is 12.2. The van der Waals surface area contributed by atoms with Gasteiger partial charge in [-0.3, -0.25) is 4.18 Å².